The Balaban J connectivity index is 1.44. The van der Waals surface area contributed by atoms with Crippen molar-refractivity contribution in [2.45, 2.75) is 31.7 Å². The number of aromatic nitrogens is 1. The third-order valence-corrected chi connectivity index (χ3v) is 5.58. The highest BCUT2D eigenvalue weighted by Crippen LogP contribution is 2.37. The average molecular weight is 372 g/mol. The summed E-state index contributed by atoms with van der Waals surface area (Å²) in [4.78, 5) is 5.17. The Morgan fingerprint density at radius 3 is 2.74 bits per heavy atom. The van der Waals surface area contributed by atoms with Crippen molar-refractivity contribution in [3.05, 3.63) is 71.7 Å². The summed E-state index contributed by atoms with van der Waals surface area (Å²) in [6.45, 7) is 1.36. The van der Waals surface area contributed by atoms with E-state index in [-0.39, 0.29) is 12.2 Å². The maximum absolute atomic E-state index is 14.4. The van der Waals surface area contributed by atoms with Crippen LogP contribution in [0.2, 0.25) is 0 Å². The van der Waals surface area contributed by atoms with Gasteiger partial charge >= 0.3 is 0 Å². The van der Waals surface area contributed by atoms with Gasteiger partial charge in [-0.2, -0.15) is 0 Å². The minimum Gasteiger partial charge on any atom is -0.361 e. The SMILES string of the molecule is Fc1ccc2c(CN3CCC(F)(F)[C@H](CCc4ccccc4)C3)c[nH]c2c1. The molecule has 1 atom stereocenters. The van der Waals surface area contributed by atoms with Crippen LogP contribution in [0.5, 0.6) is 0 Å². The van der Waals surface area contributed by atoms with Gasteiger partial charge in [-0.1, -0.05) is 30.3 Å². The zero-order valence-corrected chi connectivity index (χ0v) is 15.1. The van der Waals surface area contributed by atoms with E-state index >= 15 is 0 Å². The first-order valence-electron chi connectivity index (χ1n) is 9.41. The van der Waals surface area contributed by atoms with Crippen LogP contribution in [0.1, 0.15) is 24.0 Å². The third kappa shape index (κ3) is 4.03. The number of hydrogen-bond acceptors (Lipinski definition) is 1. The number of hydrogen-bond donors (Lipinski definition) is 1. The lowest BCUT2D eigenvalue weighted by Crippen LogP contribution is -2.46. The standard InChI is InChI=1S/C22H23F3N2/c23-19-8-9-20-17(13-26-21(20)12-19)14-27-11-10-22(24,25)18(15-27)7-6-16-4-2-1-3-5-16/h1-5,8-9,12-13,18,26H,6-7,10-11,14-15H2/t18-/m1/s1. The lowest BCUT2D eigenvalue weighted by molar-refractivity contribution is -0.109. The fourth-order valence-corrected chi connectivity index (χ4v) is 4.01. The van der Waals surface area contributed by atoms with Crippen molar-refractivity contribution in [2.24, 2.45) is 5.92 Å². The molecule has 2 aromatic carbocycles. The number of aryl methyl sites for hydroxylation is 1. The largest absolute Gasteiger partial charge is 0.361 e. The van der Waals surface area contributed by atoms with E-state index in [1.54, 1.807) is 6.07 Å². The minimum absolute atomic E-state index is 0.108. The molecule has 0 unspecified atom stereocenters. The fourth-order valence-electron chi connectivity index (χ4n) is 4.01. The van der Waals surface area contributed by atoms with Crippen molar-refractivity contribution in [1.82, 2.24) is 9.88 Å². The normalized spacial score (nSPS) is 20.2. The molecule has 4 rings (SSSR count). The van der Waals surface area contributed by atoms with Gasteiger partial charge in [0.2, 0.25) is 0 Å². The summed E-state index contributed by atoms with van der Waals surface area (Å²) in [5.41, 5.74) is 2.87. The first-order valence-corrected chi connectivity index (χ1v) is 9.41. The van der Waals surface area contributed by atoms with E-state index < -0.39 is 11.8 Å². The lowest BCUT2D eigenvalue weighted by Gasteiger charge is -2.38. The summed E-state index contributed by atoms with van der Waals surface area (Å²) in [5.74, 6) is -3.54. The van der Waals surface area contributed by atoms with Crippen LogP contribution in [-0.4, -0.2) is 28.9 Å². The highest BCUT2D eigenvalue weighted by atomic mass is 19.3. The molecule has 0 radical (unpaired) electrons. The molecule has 2 nitrogen and oxygen atoms in total. The predicted octanol–water partition coefficient (Wildman–Crippen LogP) is 5.40. The van der Waals surface area contributed by atoms with E-state index in [1.165, 1.54) is 12.1 Å². The van der Waals surface area contributed by atoms with Crippen molar-refractivity contribution in [3.8, 4) is 0 Å². The summed E-state index contributed by atoms with van der Waals surface area (Å²) in [6.07, 6.45) is 2.90. The summed E-state index contributed by atoms with van der Waals surface area (Å²) >= 11 is 0. The fraction of sp³-hybridized carbons (Fsp3) is 0.364. The van der Waals surface area contributed by atoms with Gasteiger partial charge < -0.3 is 4.98 Å². The van der Waals surface area contributed by atoms with Crippen molar-refractivity contribution in [2.75, 3.05) is 13.1 Å². The molecule has 142 valence electrons. The molecule has 0 amide bonds. The number of alkyl halides is 2. The number of fused-ring (bicyclic) bond motifs is 1. The molecule has 2 heterocycles. The molecule has 1 aromatic heterocycles. The Morgan fingerprint density at radius 2 is 1.93 bits per heavy atom. The summed E-state index contributed by atoms with van der Waals surface area (Å²) in [7, 11) is 0. The second kappa shape index (κ2) is 7.39. The Hall–Kier alpha value is -2.27. The molecule has 0 aliphatic carbocycles. The number of halogens is 3. The van der Waals surface area contributed by atoms with Crippen molar-refractivity contribution < 1.29 is 13.2 Å². The molecular formula is C22H23F3N2. The molecule has 5 heteroatoms. The molecule has 1 N–H and O–H groups in total. The van der Waals surface area contributed by atoms with Crippen LogP contribution in [0, 0.1) is 11.7 Å². The topological polar surface area (TPSA) is 19.0 Å². The number of likely N-dealkylation sites (tertiary alicyclic amines) is 1. The van der Waals surface area contributed by atoms with Crippen molar-refractivity contribution >= 4 is 10.9 Å². The van der Waals surface area contributed by atoms with E-state index in [4.69, 9.17) is 0 Å². The van der Waals surface area contributed by atoms with Gasteiger partial charge in [0, 0.05) is 49.1 Å². The van der Waals surface area contributed by atoms with Crippen LogP contribution in [-0.2, 0) is 13.0 Å². The van der Waals surface area contributed by atoms with Gasteiger partial charge in [-0.15, -0.1) is 0 Å². The van der Waals surface area contributed by atoms with Crippen LogP contribution in [0.3, 0.4) is 0 Å². The lowest BCUT2D eigenvalue weighted by atomic mass is 9.88. The van der Waals surface area contributed by atoms with Crippen LogP contribution in [0.4, 0.5) is 13.2 Å². The van der Waals surface area contributed by atoms with Gasteiger partial charge in [-0.3, -0.25) is 4.90 Å². The molecule has 3 aromatic rings. The van der Waals surface area contributed by atoms with E-state index in [9.17, 15) is 13.2 Å². The maximum Gasteiger partial charge on any atom is 0.253 e. The third-order valence-electron chi connectivity index (χ3n) is 5.58. The first kappa shape index (κ1) is 18.1. The molecule has 0 saturated carbocycles. The number of piperidine rings is 1. The molecule has 0 spiro atoms. The number of aromatic amines is 1. The minimum atomic E-state index is -2.62. The molecule has 27 heavy (non-hydrogen) atoms. The quantitative estimate of drug-likeness (QED) is 0.636. The smallest absolute Gasteiger partial charge is 0.253 e. The van der Waals surface area contributed by atoms with Crippen LogP contribution >= 0.6 is 0 Å². The van der Waals surface area contributed by atoms with Gasteiger partial charge in [0.1, 0.15) is 5.82 Å². The molecule has 1 aliphatic rings. The summed E-state index contributed by atoms with van der Waals surface area (Å²) in [6, 6.07) is 14.5. The van der Waals surface area contributed by atoms with E-state index in [0.29, 0.717) is 32.5 Å². The van der Waals surface area contributed by atoms with Gasteiger partial charge in [0.05, 0.1) is 0 Å². The number of H-pyrrole nitrogens is 1. The molecular weight excluding hydrogens is 349 g/mol. The maximum atomic E-state index is 14.4. The average Bonchev–Trinajstić information content (AvgIpc) is 3.04. The highest BCUT2D eigenvalue weighted by Gasteiger charge is 2.43. The second-order valence-corrected chi connectivity index (χ2v) is 7.47. The molecule has 1 saturated heterocycles. The van der Waals surface area contributed by atoms with Gasteiger partial charge in [0.25, 0.3) is 5.92 Å². The zero-order chi connectivity index (χ0) is 18.9. The number of nitrogens with one attached hydrogen (secondary N) is 1. The van der Waals surface area contributed by atoms with Crippen LogP contribution in [0.15, 0.2) is 54.7 Å². The first-order chi connectivity index (χ1) is 13.0. The molecule has 1 aliphatic heterocycles. The van der Waals surface area contributed by atoms with E-state index in [1.807, 2.05) is 36.5 Å². The van der Waals surface area contributed by atoms with Gasteiger partial charge in [-0.25, -0.2) is 13.2 Å². The molecule has 1 fully saturated rings. The van der Waals surface area contributed by atoms with E-state index in [0.717, 1.165) is 22.0 Å². The summed E-state index contributed by atoms with van der Waals surface area (Å²) < 4.78 is 42.2. The van der Waals surface area contributed by atoms with Crippen molar-refractivity contribution in [3.63, 3.8) is 0 Å². The molecule has 0 bridgehead atoms. The summed E-state index contributed by atoms with van der Waals surface area (Å²) in [5, 5.41) is 0.953. The van der Waals surface area contributed by atoms with Crippen LogP contribution in [0.25, 0.3) is 10.9 Å². The van der Waals surface area contributed by atoms with Crippen molar-refractivity contribution in [1.29, 1.82) is 0 Å². The second-order valence-electron chi connectivity index (χ2n) is 7.47. The monoisotopic (exact) mass is 372 g/mol. The Labute approximate surface area is 157 Å². The predicted molar refractivity (Wildman–Crippen MR) is 101 cm³/mol. The Kier molecular flexibility index (Phi) is 4.96. The van der Waals surface area contributed by atoms with E-state index in [2.05, 4.69) is 9.88 Å². The van der Waals surface area contributed by atoms with Crippen LogP contribution < -0.4 is 0 Å². The highest BCUT2D eigenvalue weighted by molar-refractivity contribution is 5.83. The number of benzene rings is 2. The van der Waals surface area contributed by atoms with Gasteiger partial charge in [0.15, 0.2) is 0 Å². The number of nitrogens with zero attached hydrogens (tertiary/aromatic N) is 1. The van der Waals surface area contributed by atoms with Gasteiger partial charge in [-0.05, 0) is 42.2 Å². The zero-order valence-electron chi connectivity index (χ0n) is 15.1. The Morgan fingerprint density at radius 1 is 1.11 bits per heavy atom. The Bertz CT molecular complexity index is 904. The number of rotatable bonds is 5.